The topological polar surface area (TPSA) is 47.7 Å². The molecule has 0 saturated heterocycles. The second-order valence-electron chi connectivity index (χ2n) is 4.30. The van der Waals surface area contributed by atoms with Gasteiger partial charge in [0.05, 0.1) is 13.2 Å². The van der Waals surface area contributed by atoms with Gasteiger partial charge in [-0.25, -0.2) is 0 Å². The van der Waals surface area contributed by atoms with Crippen LogP contribution in [0.2, 0.25) is 0 Å². The van der Waals surface area contributed by atoms with Crippen LogP contribution in [0.3, 0.4) is 0 Å². The zero-order valence-electron chi connectivity index (χ0n) is 12.3. The molecule has 4 nitrogen and oxygen atoms in total. The molecule has 0 aliphatic carbocycles. The van der Waals surface area contributed by atoms with Crippen molar-refractivity contribution in [2.75, 3.05) is 32.8 Å². The lowest BCUT2D eigenvalue weighted by Gasteiger charge is -2.20. The first-order valence-electron chi connectivity index (χ1n) is 7.06. The lowest BCUT2D eigenvalue weighted by Crippen LogP contribution is -2.28. The highest BCUT2D eigenvalue weighted by Crippen LogP contribution is 2.28. The molecular weight excluding hydrogens is 240 g/mol. The molecule has 19 heavy (non-hydrogen) atoms. The summed E-state index contributed by atoms with van der Waals surface area (Å²) in [6.07, 6.45) is 0. The molecule has 0 aromatic heterocycles. The Bertz CT molecular complexity index is 369. The molecule has 0 spiro atoms. The Morgan fingerprint density at radius 1 is 1.05 bits per heavy atom. The standard InChI is InChI=1S/C15H26N2O2/c1-4-17(10-9-16)12-13-7-8-14(18-5-2)15(11-13)19-6-3/h7-8,11H,4-6,9-10,12,16H2,1-3H3. The molecule has 1 aromatic carbocycles. The predicted octanol–water partition coefficient (Wildman–Crippen LogP) is 2.26. The summed E-state index contributed by atoms with van der Waals surface area (Å²) in [4.78, 5) is 2.31. The van der Waals surface area contributed by atoms with E-state index in [1.165, 1.54) is 5.56 Å². The van der Waals surface area contributed by atoms with Crippen molar-refractivity contribution in [2.24, 2.45) is 5.73 Å². The number of hydrogen-bond acceptors (Lipinski definition) is 4. The molecule has 4 heteroatoms. The third-order valence-electron chi connectivity index (χ3n) is 2.91. The van der Waals surface area contributed by atoms with Gasteiger partial charge in [-0.1, -0.05) is 13.0 Å². The molecular formula is C15H26N2O2. The summed E-state index contributed by atoms with van der Waals surface area (Å²) in [5, 5.41) is 0. The molecule has 0 aliphatic heterocycles. The minimum absolute atomic E-state index is 0.643. The third-order valence-corrected chi connectivity index (χ3v) is 2.91. The maximum atomic E-state index is 5.64. The Balaban J connectivity index is 2.81. The van der Waals surface area contributed by atoms with Gasteiger partial charge >= 0.3 is 0 Å². The van der Waals surface area contributed by atoms with Crippen LogP contribution in [-0.2, 0) is 6.54 Å². The summed E-state index contributed by atoms with van der Waals surface area (Å²) in [7, 11) is 0. The van der Waals surface area contributed by atoms with Crippen LogP contribution in [0, 0.1) is 0 Å². The van der Waals surface area contributed by atoms with Crippen molar-refractivity contribution in [1.82, 2.24) is 4.90 Å². The van der Waals surface area contributed by atoms with E-state index in [1.807, 2.05) is 19.9 Å². The van der Waals surface area contributed by atoms with Gasteiger partial charge in [-0.3, -0.25) is 4.90 Å². The summed E-state index contributed by atoms with van der Waals surface area (Å²) < 4.78 is 11.2. The van der Waals surface area contributed by atoms with E-state index in [-0.39, 0.29) is 0 Å². The van der Waals surface area contributed by atoms with Crippen LogP contribution < -0.4 is 15.2 Å². The molecule has 0 unspecified atom stereocenters. The lowest BCUT2D eigenvalue weighted by molar-refractivity contribution is 0.279. The van der Waals surface area contributed by atoms with Gasteiger partial charge in [-0.2, -0.15) is 0 Å². The molecule has 2 N–H and O–H groups in total. The van der Waals surface area contributed by atoms with Crippen molar-refractivity contribution in [1.29, 1.82) is 0 Å². The van der Waals surface area contributed by atoms with Crippen LogP contribution in [0.15, 0.2) is 18.2 Å². The van der Waals surface area contributed by atoms with Crippen molar-refractivity contribution in [3.05, 3.63) is 23.8 Å². The van der Waals surface area contributed by atoms with Crippen molar-refractivity contribution >= 4 is 0 Å². The Kier molecular flexibility index (Phi) is 7.30. The van der Waals surface area contributed by atoms with E-state index in [1.54, 1.807) is 0 Å². The maximum absolute atomic E-state index is 5.64. The Labute approximate surface area is 116 Å². The van der Waals surface area contributed by atoms with Gasteiger partial charge in [0, 0.05) is 19.6 Å². The average Bonchev–Trinajstić information content (AvgIpc) is 2.41. The van der Waals surface area contributed by atoms with E-state index in [9.17, 15) is 0 Å². The zero-order chi connectivity index (χ0) is 14.1. The third kappa shape index (κ3) is 5.09. The molecule has 1 aromatic rings. The van der Waals surface area contributed by atoms with Crippen molar-refractivity contribution in [3.8, 4) is 11.5 Å². The van der Waals surface area contributed by atoms with Crippen molar-refractivity contribution in [3.63, 3.8) is 0 Å². The lowest BCUT2D eigenvalue weighted by atomic mass is 10.2. The molecule has 1 rings (SSSR count). The first-order chi connectivity index (χ1) is 9.24. The average molecular weight is 266 g/mol. The minimum atomic E-state index is 0.643. The Morgan fingerprint density at radius 3 is 2.32 bits per heavy atom. The molecule has 0 bridgehead atoms. The van der Waals surface area contributed by atoms with E-state index in [2.05, 4.69) is 24.0 Å². The van der Waals surface area contributed by atoms with Crippen molar-refractivity contribution < 1.29 is 9.47 Å². The number of rotatable bonds is 9. The summed E-state index contributed by atoms with van der Waals surface area (Å²) in [5.41, 5.74) is 6.84. The number of hydrogen-bond donors (Lipinski definition) is 1. The van der Waals surface area contributed by atoms with E-state index < -0.39 is 0 Å². The number of likely N-dealkylation sites (N-methyl/N-ethyl adjacent to an activating group) is 1. The highest BCUT2D eigenvalue weighted by Gasteiger charge is 2.08. The number of ether oxygens (including phenoxy) is 2. The molecule has 0 fully saturated rings. The van der Waals surface area contributed by atoms with E-state index >= 15 is 0 Å². The van der Waals surface area contributed by atoms with Crippen LogP contribution >= 0.6 is 0 Å². The Morgan fingerprint density at radius 2 is 1.74 bits per heavy atom. The SMILES string of the molecule is CCOc1ccc(CN(CC)CCN)cc1OCC. The fourth-order valence-corrected chi connectivity index (χ4v) is 1.98. The van der Waals surface area contributed by atoms with Gasteiger partial charge in [-0.15, -0.1) is 0 Å². The number of benzene rings is 1. The van der Waals surface area contributed by atoms with E-state index in [4.69, 9.17) is 15.2 Å². The van der Waals surface area contributed by atoms with Crippen LogP contribution in [-0.4, -0.2) is 37.7 Å². The number of nitrogens with zero attached hydrogens (tertiary/aromatic N) is 1. The van der Waals surface area contributed by atoms with Crippen LogP contribution in [0.4, 0.5) is 0 Å². The van der Waals surface area contributed by atoms with Gasteiger partial charge in [-0.05, 0) is 38.1 Å². The highest BCUT2D eigenvalue weighted by atomic mass is 16.5. The van der Waals surface area contributed by atoms with Crippen LogP contribution in [0.1, 0.15) is 26.3 Å². The van der Waals surface area contributed by atoms with Gasteiger partial charge in [0.1, 0.15) is 0 Å². The normalized spacial score (nSPS) is 10.8. The molecule has 0 heterocycles. The van der Waals surface area contributed by atoms with Gasteiger partial charge < -0.3 is 15.2 Å². The molecule has 0 radical (unpaired) electrons. The highest BCUT2D eigenvalue weighted by molar-refractivity contribution is 5.43. The summed E-state index contributed by atoms with van der Waals surface area (Å²) in [6, 6.07) is 6.14. The van der Waals surface area contributed by atoms with E-state index in [0.29, 0.717) is 19.8 Å². The summed E-state index contributed by atoms with van der Waals surface area (Å²) >= 11 is 0. The quantitative estimate of drug-likeness (QED) is 0.745. The largest absolute Gasteiger partial charge is 0.490 e. The fraction of sp³-hybridized carbons (Fsp3) is 0.600. The van der Waals surface area contributed by atoms with Crippen molar-refractivity contribution in [2.45, 2.75) is 27.3 Å². The molecule has 108 valence electrons. The Hall–Kier alpha value is -1.26. The van der Waals surface area contributed by atoms with Gasteiger partial charge in [0.15, 0.2) is 11.5 Å². The molecule has 0 atom stereocenters. The number of nitrogens with two attached hydrogens (primary N) is 1. The summed E-state index contributed by atoms with van der Waals surface area (Å²) in [6.45, 7) is 10.9. The van der Waals surface area contributed by atoms with Crippen LogP contribution in [0.25, 0.3) is 0 Å². The van der Waals surface area contributed by atoms with Crippen LogP contribution in [0.5, 0.6) is 11.5 Å². The second kappa shape index (κ2) is 8.77. The first-order valence-corrected chi connectivity index (χ1v) is 7.06. The zero-order valence-corrected chi connectivity index (χ0v) is 12.3. The second-order valence-corrected chi connectivity index (χ2v) is 4.30. The first kappa shape index (κ1) is 15.8. The van der Waals surface area contributed by atoms with E-state index in [0.717, 1.165) is 31.1 Å². The fourth-order valence-electron chi connectivity index (χ4n) is 1.98. The monoisotopic (exact) mass is 266 g/mol. The molecule has 0 saturated carbocycles. The smallest absolute Gasteiger partial charge is 0.161 e. The molecule has 0 aliphatic rings. The minimum Gasteiger partial charge on any atom is -0.490 e. The summed E-state index contributed by atoms with van der Waals surface area (Å²) in [5.74, 6) is 1.64. The maximum Gasteiger partial charge on any atom is 0.161 e. The van der Waals surface area contributed by atoms with Gasteiger partial charge in [0.2, 0.25) is 0 Å². The molecule has 0 amide bonds. The predicted molar refractivity (Wildman–Crippen MR) is 78.8 cm³/mol. The van der Waals surface area contributed by atoms with Gasteiger partial charge in [0.25, 0.3) is 0 Å².